The summed E-state index contributed by atoms with van der Waals surface area (Å²) in [6.45, 7) is 14.7. The Kier molecular flexibility index (Phi) is 12.8. The highest BCUT2D eigenvalue weighted by molar-refractivity contribution is 5.96. The first kappa shape index (κ1) is 40.5. The average molecular weight is 752 g/mol. The quantitative estimate of drug-likeness (QED) is 0.294. The largest absolute Gasteiger partial charge is 0.490 e. The summed E-state index contributed by atoms with van der Waals surface area (Å²) < 4.78 is 59.0. The summed E-state index contributed by atoms with van der Waals surface area (Å²) >= 11 is 0. The van der Waals surface area contributed by atoms with E-state index in [-0.39, 0.29) is 29.0 Å². The molecule has 0 bridgehead atoms. The number of halogens is 4. The van der Waals surface area contributed by atoms with E-state index in [1.54, 1.807) is 16.8 Å². The van der Waals surface area contributed by atoms with Crippen LogP contribution in [0.3, 0.4) is 0 Å². The number of aliphatic carboxylic acids is 1. The molecule has 15 heteroatoms. The predicted molar refractivity (Wildman–Crippen MR) is 188 cm³/mol. The zero-order valence-electron chi connectivity index (χ0n) is 31.2. The smallest absolute Gasteiger partial charge is 0.475 e. The van der Waals surface area contributed by atoms with Crippen molar-refractivity contribution in [2.45, 2.75) is 103 Å². The average Bonchev–Trinajstić information content (AvgIpc) is 3.42. The summed E-state index contributed by atoms with van der Waals surface area (Å²) in [5, 5.41) is 11.8. The van der Waals surface area contributed by atoms with Crippen LogP contribution in [0.2, 0.25) is 0 Å². The van der Waals surface area contributed by atoms with Crippen molar-refractivity contribution in [2.75, 3.05) is 52.5 Å². The van der Waals surface area contributed by atoms with Gasteiger partial charge in [-0.25, -0.2) is 18.7 Å². The Morgan fingerprint density at radius 3 is 2.17 bits per heavy atom. The SMILES string of the molecule is CCCCC1CN(CC2CCOCC2)C(=O)OC12CCN(C1(C)CCN(C(=O)c3c(C)nn(-c4ccc(F)cc4)c3C)CC1)CC2.O=C(O)C(F)(F)F. The molecule has 4 aliphatic heterocycles. The van der Waals surface area contributed by atoms with Crippen molar-refractivity contribution in [3.8, 4) is 5.69 Å². The second-order valence-corrected chi connectivity index (χ2v) is 15.2. The summed E-state index contributed by atoms with van der Waals surface area (Å²) in [6.07, 6.45) is 3.76. The lowest BCUT2D eigenvalue weighted by molar-refractivity contribution is -0.192. The van der Waals surface area contributed by atoms with Crippen LogP contribution < -0.4 is 0 Å². The van der Waals surface area contributed by atoms with Crippen molar-refractivity contribution in [3.63, 3.8) is 0 Å². The van der Waals surface area contributed by atoms with Crippen LogP contribution in [0.15, 0.2) is 24.3 Å². The molecule has 11 nitrogen and oxygen atoms in total. The van der Waals surface area contributed by atoms with Crippen LogP contribution in [0.4, 0.5) is 22.4 Å². The van der Waals surface area contributed by atoms with E-state index in [4.69, 9.17) is 19.4 Å². The Labute approximate surface area is 308 Å². The molecular weight excluding hydrogens is 698 g/mol. The first-order valence-electron chi connectivity index (χ1n) is 18.8. The molecule has 4 fully saturated rings. The fraction of sp³-hybridized carbons (Fsp3) is 0.684. The van der Waals surface area contributed by atoms with Gasteiger partial charge in [-0.05, 0) is 83.1 Å². The van der Waals surface area contributed by atoms with Crippen LogP contribution in [0.5, 0.6) is 0 Å². The number of ether oxygens (including phenoxy) is 2. The van der Waals surface area contributed by atoms with Crippen LogP contribution in [-0.4, -0.2) is 117 Å². The normalized spacial score (nSPS) is 22.3. The highest BCUT2D eigenvalue weighted by Crippen LogP contribution is 2.43. The minimum atomic E-state index is -5.08. The fourth-order valence-electron chi connectivity index (χ4n) is 8.41. The predicted octanol–water partition coefficient (Wildman–Crippen LogP) is 6.78. The number of aryl methyl sites for hydroxylation is 1. The van der Waals surface area contributed by atoms with Gasteiger partial charge in [-0.1, -0.05) is 19.8 Å². The van der Waals surface area contributed by atoms with Crippen molar-refractivity contribution < 1.29 is 46.5 Å². The zero-order valence-corrected chi connectivity index (χ0v) is 31.2. The highest BCUT2D eigenvalue weighted by Gasteiger charge is 2.52. The summed E-state index contributed by atoms with van der Waals surface area (Å²) in [6, 6.07) is 6.19. The van der Waals surface area contributed by atoms with Crippen LogP contribution in [0, 0.1) is 31.5 Å². The molecule has 5 heterocycles. The number of hydrogen-bond acceptors (Lipinski definition) is 7. The van der Waals surface area contributed by atoms with Crippen molar-refractivity contribution in [1.29, 1.82) is 0 Å². The maximum Gasteiger partial charge on any atom is 0.490 e. The third-order valence-corrected chi connectivity index (χ3v) is 11.8. The molecule has 1 spiro atoms. The van der Waals surface area contributed by atoms with Gasteiger partial charge in [0.2, 0.25) is 0 Å². The van der Waals surface area contributed by atoms with E-state index >= 15 is 0 Å². The Balaban J connectivity index is 0.000000705. The third kappa shape index (κ3) is 9.33. The second-order valence-electron chi connectivity index (χ2n) is 15.2. The molecule has 1 N–H and O–H groups in total. The number of nitrogens with zero attached hydrogens (tertiary/aromatic N) is 5. The number of carboxylic acids is 1. The first-order valence-corrected chi connectivity index (χ1v) is 18.8. The van der Waals surface area contributed by atoms with E-state index < -0.39 is 12.1 Å². The molecule has 6 rings (SSSR count). The Morgan fingerprint density at radius 2 is 1.60 bits per heavy atom. The van der Waals surface area contributed by atoms with E-state index in [1.807, 2.05) is 23.6 Å². The maximum atomic E-state index is 13.8. The zero-order chi connectivity index (χ0) is 38.6. The number of hydrogen-bond donors (Lipinski definition) is 1. The van der Waals surface area contributed by atoms with Crippen molar-refractivity contribution in [3.05, 3.63) is 47.0 Å². The number of carboxylic acid groups (broad SMARTS) is 1. The van der Waals surface area contributed by atoms with Gasteiger partial charge in [0.05, 0.1) is 22.6 Å². The molecule has 2 amide bonds. The molecule has 0 saturated carbocycles. The number of unbranched alkanes of at least 4 members (excludes halogenated alkanes) is 1. The minimum Gasteiger partial charge on any atom is -0.475 e. The lowest BCUT2D eigenvalue weighted by Crippen LogP contribution is -2.64. The molecule has 294 valence electrons. The molecule has 1 unspecified atom stereocenters. The number of carbonyl (C=O) groups is 3. The van der Waals surface area contributed by atoms with Gasteiger partial charge in [0.15, 0.2) is 0 Å². The molecule has 0 aliphatic carbocycles. The first-order chi connectivity index (χ1) is 25.1. The topological polar surface area (TPSA) is 117 Å². The molecule has 1 atom stereocenters. The molecule has 2 aromatic rings. The number of benzene rings is 1. The monoisotopic (exact) mass is 751 g/mol. The number of carbonyl (C=O) groups excluding carboxylic acids is 2. The Hall–Kier alpha value is -3.72. The summed E-state index contributed by atoms with van der Waals surface area (Å²) in [5.74, 6) is -2.18. The number of likely N-dealkylation sites (tertiary alicyclic amines) is 2. The summed E-state index contributed by atoms with van der Waals surface area (Å²) in [5.41, 5.74) is 2.45. The van der Waals surface area contributed by atoms with Crippen molar-refractivity contribution >= 4 is 18.0 Å². The van der Waals surface area contributed by atoms with Gasteiger partial charge < -0.3 is 24.4 Å². The standard InChI is InChI=1S/C36H52FN5O4.C2HF3O2/c1-5-6-7-29-25-40(24-28-12-22-45-23-13-28)34(44)46-36(29)16-20-41(21-17-36)35(4)14-18-39(19-15-35)33(43)32-26(2)38-42(27(32)3)31-10-8-30(37)9-11-31;3-2(4,5)1(6)7/h8-11,28-29H,5-7,12-25H2,1-4H3;(H,6,7). The molecule has 4 aliphatic rings. The van der Waals surface area contributed by atoms with Gasteiger partial charge in [-0.2, -0.15) is 18.3 Å². The van der Waals surface area contributed by atoms with E-state index in [0.717, 1.165) is 109 Å². The van der Waals surface area contributed by atoms with E-state index in [0.29, 0.717) is 36.2 Å². The van der Waals surface area contributed by atoms with E-state index in [9.17, 15) is 27.2 Å². The third-order valence-electron chi connectivity index (χ3n) is 11.8. The Morgan fingerprint density at radius 1 is 1.00 bits per heavy atom. The second kappa shape index (κ2) is 16.7. The van der Waals surface area contributed by atoms with Crippen LogP contribution in [0.1, 0.15) is 93.4 Å². The van der Waals surface area contributed by atoms with Gasteiger partial charge in [0, 0.05) is 76.8 Å². The van der Waals surface area contributed by atoms with Gasteiger partial charge in [0.25, 0.3) is 5.91 Å². The Bertz CT molecular complexity index is 1580. The molecular formula is C38H53F4N5O6. The van der Waals surface area contributed by atoms with Crippen LogP contribution >= 0.6 is 0 Å². The number of amides is 2. The molecule has 53 heavy (non-hydrogen) atoms. The number of rotatable bonds is 8. The van der Waals surface area contributed by atoms with E-state index in [2.05, 4.69) is 23.8 Å². The van der Waals surface area contributed by atoms with Gasteiger partial charge >= 0.3 is 18.2 Å². The lowest BCUT2D eigenvalue weighted by atomic mass is 9.74. The van der Waals surface area contributed by atoms with Crippen LogP contribution in [0.25, 0.3) is 5.69 Å². The molecule has 1 aromatic heterocycles. The van der Waals surface area contributed by atoms with E-state index in [1.165, 1.54) is 12.1 Å². The van der Waals surface area contributed by atoms with Gasteiger partial charge in [0.1, 0.15) is 11.4 Å². The summed E-state index contributed by atoms with van der Waals surface area (Å²) in [4.78, 5) is 42.6. The lowest BCUT2D eigenvalue weighted by Gasteiger charge is -2.55. The minimum absolute atomic E-state index is 0.00650. The number of alkyl halides is 3. The molecule has 1 aromatic carbocycles. The molecule has 0 radical (unpaired) electrons. The molecule has 4 saturated heterocycles. The fourth-order valence-corrected chi connectivity index (χ4v) is 8.41. The van der Waals surface area contributed by atoms with Gasteiger partial charge in [-0.3, -0.25) is 9.69 Å². The summed E-state index contributed by atoms with van der Waals surface area (Å²) in [7, 11) is 0. The van der Waals surface area contributed by atoms with Crippen LogP contribution in [-0.2, 0) is 14.3 Å². The maximum absolute atomic E-state index is 13.8. The van der Waals surface area contributed by atoms with Crippen molar-refractivity contribution in [1.82, 2.24) is 24.5 Å². The van der Waals surface area contributed by atoms with Crippen molar-refractivity contribution in [2.24, 2.45) is 11.8 Å². The van der Waals surface area contributed by atoms with Gasteiger partial charge in [-0.15, -0.1) is 0 Å². The number of aromatic nitrogens is 2. The number of piperidine rings is 2. The highest BCUT2D eigenvalue weighted by atomic mass is 19.4.